The lowest BCUT2D eigenvalue weighted by atomic mass is 10.1. The summed E-state index contributed by atoms with van der Waals surface area (Å²) in [5.41, 5.74) is 6.36. The first-order valence-electron chi connectivity index (χ1n) is 9.46. The van der Waals surface area contributed by atoms with Gasteiger partial charge in [0.15, 0.2) is 0 Å². The molecule has 1 aliphatic rings. The fourth-order valence-corrected chi connectivity index (χ4v) is 4.36. The van der Waals surface area contributed by atoms with E-state index in [1.165, 1.54) is 16.2 Å². The molecule has 1 aromatic heterocycles. The zero-order valence-corrected chi connectivity index (χ0v) is 17.7. The lowest BCUT2D eigenvalue weighted by Crippen LogP contribution is -2.33. The molecule has 2 heterocycles. The monoisotopic (exact) mass is 402 g/mol. The Kier molecular flexibility index (Phi) is 4.84. The Morgan fingerprint density at radius 3 is 2.34 bits per heavy atom. The Bertz CT molecular complexity index is 1160. The van der Waals surface area contributed by atoms with Crippen molar-refractivity contribution in [3.8, 4) is 0 Å². The van der Waals surface area contributed by atoms with Crippen molar-refractivity contribution >= 4 is 40.1 Å². The molecule has 2 amide bonds. The van der Waals surface area contributed by atoms with Crippen LogP contribution < -0.4 is 10.2 Å². The molecule has 0 saturated heterocycles. The van der Waals surface area contributed by atoms with Crippen molar-refractivity contribution in [3.63, 3.8) is 0 Å². The van der Waals surface area contributed by atoms with Crippen LogP contribution in [0, 0.1) is 27.7 Å². The zero-order valence-electron chi connectivity index (χ0n) is 16.9. The lowest BCUT2D eigenvalue weighted by Gasteiger charge is -2.18. The molecule has 0 unspecified atom stereocenters. The number of rotatable bonds is 4. The first-order valence-corrected chi connectivity index (χ1v) is 10.3. The van der Waals surface area contributed by atoms with E-state index in [-0.39, 0.29) is 11.8 Å². The Balaban J connectivity index is 1.84. The molecule has 0 saturated carbocycles. The fourth-order valence-electron chi connectivity index (χ4n) is 3.59. The van der Waals surface area contributed by atoms with Crippen LogP contribution in [0.25, 0.3) is 5.57 Å². The van der Waals surface area contributed by atoms with Crippen LogP contribution in [0.5, 0.6) is 0 Å². The number of nitrogens with zero attached hydrogens (tertiary/aromatic N) is 1. The van der Waals surface area contributed by atoms with E-state index >= 15 is 0 Å². The second kappa shape index (κ2) is 7.33. The van der Waals surface area contributed by atoms with Crippen molar-refractivity contribution in [2.24, 2.45) is 0 Å². The quantitative estimate of drug-likeness (QED) is 0.596. The van der Waals surface area contributed by atoms with E-state index in [1.54, 1.807) is 0 Å². The molecule has 0 radical (unpaired) electrons. The van der Waals surface area contributed by atoms with Crippen molar-refractivity contribution in [2.45, 2.75) is 27.7 Å². The van der Waals surface area contributed by atoms with Crippen LogP contribution in [0.3, 0.4) is 0 Å². The minimum atomic E-state index is -0.328. The first kappa shape index (κ1) is 19.2. The summed E-state index contributed by atoms with van der Waals surface area (Å²) >= 11 is 1.45. The van der Waals surface area contributed by atoms with E-state index in [1.807, 2.05) is 81.6 Å². The maximum Gasteiger partial charge on any atom is 0.282 e. The Hall–Kier alpha value is -3.18. The average molecular weight is 403 g/mol. The molecular weight excluding hydrogens is 380 g/mol. The average Bonchev–Trinajstić information content (AvgIpc) is 3.27. The second-order valence-corrected chi connectivity index (χ2v) is 8.28. The van der Waals surface area contributed by atoms with E-state index in [4.69, 9.17) is 0 Å². The summed E-state index contributed by atoms with van der Waals surface area (Å²) in [7, 11) is 0. The van der Waals surface area contributed by atoms with Crippen molar-refractivity contribution in [1.82, 2.24) is 0 Å². The van der Waals surface area contributed by atoms with Crippen LogP contribution in [-0.4, -0.2) is 11.8 Å². The Morgan fingerprint density at radius 2 is 1.66 bits per heavy atom. The number of nitrogens with one attached hydrogen (secondary N) is 1. The second-order valence-electron chi connectivity index (χ2n) is 7.34. The molecule has 1 aliphatic heterocycles. The summed E-state index contributed by atoms with van der Waals surface area (Å²) < 4.78 is 0. The zero-order chi connectivity index (χ0) is 20.7. The summed E-state index contributed by atoms with van der Waals surface area (Å²) in [4.78, 5) is 28.9. The SMILES string of the molecule is Cc1ccc(N2C(=O)C(Nc3cccc(C)c3C)=C(c3cccs3)C2=O)c(C)c1. The topological polar surface area (TPSA) is 49.4 Å². The highest BCUT2D eigenvalue weighted by atomic mass is 32.1. The molecule has 3 aromatic rings. The molecule has 0 aliphatic carbocycles. The van der Waals surface area contributed by atoms with Gasteiger partial charge in [0.1, 0.15) is 5.70 Å². The summed E-state index contributed by atoms with van der Waals surface area (Å²) in [5, 5.41) is 5.19. The summed E-state index contributed by atoms with van der Waals surface area (Å²) in [6.45, 7) is 7.95. The largest absolute Gasteiger partial charge is 0.350 e. The number of aryl methyl sites for hydroxylation is 3. The van der Waals surface area contributed by atoms with Gasteiger partial charge in [-0.3, -0.25) is 9.59 Å². The van der Waals surface area contributed by atoms with E-state index in [2.05, 4.69) is 5.32 Å². The smallest absolute Gasteiger partial charge is 0.282 e. The molecular formula is C24H22N2O2S. The predicted octanol–water partition coefficient (Wildman–Crippen LogP) is 5.38. The number of imide groups is 1. The molecule has 1 N–H and O–H groups in total. The number of amides is 2. The minimum Gasteiger partial charge on any atom is -0.350 e. The molecule has 5 heteroatoms. The molecule has 4 rings (SSSR count). The van der Waals surface area contributed by atoms with Crippen LogP contribution in [-0.2, 0) is 9.59 Å². The minimum absolute atomic E-state index is 0.294. The van der Waals surface area contributed by atoms with Gasteiger partial charge in [0.25, 0.3) is 11.8 Å². The van der Waals surface area contributed by atoms with Gasteiger partial charge in [-0.05, 0) is 68.0 Å². The number of hydrogen-bond donors (Lipinski definition) is 1. The molecule has 146 valence electrons. The lowest BCUT2D eigenvalue weighted by molar-refractivity contribution is -0.120. The number of carbonyl (C=O) groups excluding carboxylic acids is 2. The molecule has 0 bridgehead atoms. The third-order valence-electron chi connectivity index (χ3n) is 5.31. The van der Waals surface area contributed by atoms with Gasteiger partial charge in [-0.2, -0.15) is 0 Å². The maximum absolute atomic E-state index is 13.4. The maximum atomic E-state index is 13.4. The normalized spacial score (nSPS) is 14.1. The number of benzene rings is 2. The van der Waals surface area contributed by atoms with Crippen LogP contribution in [0.15, 0.2) is 59.6 Å². The van der Waals surface area contributed by atoms with Crippen molar-refractivity contribution in [1.29, 1.82) is 0 Å². The van der Waals surface area contributed by atoms with Crippen LogP contribution in [0.4, 0.5) is 11.4 Å². The number of thiophene rings is 1. The summed E-state index contributed by atoms with van der Waals surface area (Å²) in [5.74, 6) is -0.622. The molecule has 2 aromatic carbocycles. The summed E-state index contributed by atoms with van der Waals surface area (Å²) in [6, 6.07) is 15.4. The van der Waals surface area contributed by atoms with Crippen LogP contribution >= 0.6 is 11.3 Å². The van der Waals surface area contributed by atoms with Gasteiger partial charge < -0.3 is 5.32 Å². The van der Waals surface area contributed by atoms with E-state index in [0.29, 0.717) is 17.0 Å². The molecule has 4 nitrogen and oxygen atoms in total. The standard InChI is InChI=1S/C24H22N2O2S/c1-14-10-11-19(16(3)13-14)26-23(27)21(20-9-6-12-29-20)22(24(26)28)25-18-8-5-7-15(2)17(18)4/h5-13,25H,1-4H3. The van der Waals surface area contributed by atoms with E-state index in [0.717, 1.165) is 32.8 Å². The van der Waals surface area contributed by atoms with Crippen molar-refractivity contribution in [3.05, 3.63) is 86.7 Å². The van der Waals surface area contributed by atoms with Crippen molar-refractivity contribution < 1.29 is 9.59 Å². The highest BCUT2D eigenvalue weighted by Gasteiger charge is 2.41. The highest BCUT2D eigenvalue weighted by molar-refractivity contribution is 7.11. The molecule has 0 spiro atoms. The molecule has 0 atom stereocenters. The van der Waals surface area contributed by atoms with Gasteiger partial charge in [0.05, 0.1) is 11.3 Å². The van der Waals surface area contributed by atoms with Crippen LogP contribution in [0.2, 0.25) is 0 Å². The van der Waals surface area contributed by atoms with Gasteiger partial charge in [-0.15, -0.1) is 11.3 Å². The first-order chi connectivity index (χ1) is 13.9. The fraction of sp³-hybridized carbons (Fsp3) is 0.167. The third-order valence-corrected chi connectivity index (χ3v) is 6.20. The Morgan fingerprint density at radius 1 is 0.862 bits per heavy atom. The number of carbonyl (C=O) groups is 2. The van der Waals surface area contributed by atoms with Gasteiger partial charge in [0.2, 0.25) is 0 Å². The molecule has 29 heavy (non-hydrogen) atoms. The van der Waals surface area contributed by atoms with Gasteiger partial charge in [-0.1, -0.05) is 35.9 Å². The highest BCUT2D eigenvalue weighted by Crippen LogP contribution is 2.37. The predicted molar refractivity (Wildman–Crippen MR) is 119 cm³/mol. The molecule has 0 fully saturated rings. The van der Waals surface area contributed by atoms with Gasteiger partial charge in [0, 0.05) is 10.6 Å². The summed E-state index contributed by atoms with van der Waals surface area (Å²) in [6.07, 6.45) is 0. The van der Waals surface area contributed by atoms with Crippen LogP contribution in [0.1, 0.15) is 27.1 Å². The van der Waals surface area contributed by atoms with E-state index < -0.39 is 0 Å². The number of anilines is 2. The third kappa shape index (κ3) is 3.28. The van der Waals surface area contributed by atoms with Gasteiger partial charge in [-0.25, -0.2) is 4.90 Å². The van der Waals surface area contributed by atoms with Gasteiger partial charge >= 0.3 is 0 Å². The Labute approximate surface area is 174 Å². The van der Waals surface area contributed by atoms with Crippen molar-refractivity contribution in [2.75, 3.05) is 10.2 Å². The van der Waals surface area contributed by atoms with E-state index in [9.17, 15) is 9.59 Å². The number of hydrogen-bond acceptors (Lipinski definition) is 4.